The fourth-order valence-electron chi connectivity index (χ4n) is 1.93. The van der Waals surface area contributed by atoms with Gasteiger partial charge >= 0.3 is 0 Å². The quantitative estimate of drug-likeness (QED) is 0.736. The van der Waals surface area contributed by atoms with E-state index in [0.717, 1.165) is 16.3 Å². The van der Waals surface area contributed by atoms with Crippen LogP contribution in [0.15, 0.2) is 36.5 Å². The van der Waals surface area contributed by atoms with Crippen LogP contribution in [0.4, 0.5) is 5.69 Å². The second-order valence-corrected chi connectivity index (χ2v) is 6.52. The van der Waals surface area contributed by atoms with Crippen molar-refractivity contribution in [3.8, 4) is 16.3 Å². The van der Waals surface area contributed by atoms with E-state index in [9.17, 15) is 0 Å². The van der Waals surface area contributed by atoms with E-state index in [1.807, 2.05) is 18.2 Å². The molecule has 6 heteroatoms. The number of aromatic nitrogens is 2. The highest BCUT2D eigenvalue weighted by molar-refractivity contribution is 7.15. The van der Waals surface area contributed by atoms with Gasteiger partial charge in [-0.25, -0.2) is 4.68 Å². The Kier molecular flexibility index (Phi) is 3.46. The molecular weight excluding hydrogens is 313 g/mol. The van der Waals surface area contributed by atoms with E-state index >= 15 is 0 Å². The summed E-state index contributed by atoms with van der Waals surface area (Å²) in [7, 11) is 0. The number of rotatable bonds is 2. The predicted octanol–water partition coefficient (Wildman–Crippen LogP) is 4.80. The number of hydrogen-bond acceptors (Lipinski definition) is 3. The molecule has 102 valence electrons. The topological polar surface area (TPSA) is 43.8 Å². The molecule has 0 bridgehead atoms. The van der Waals surface area contributed by atoms with Crippen molar-refractivity contribution in [2.75, 3.05) is 5.73 Å². The normalized spacial score (nSPS) is 10.9. The first-order chi connectivity index (χ1) is 9.54. The number of thiophene rings is 1. The lowest BCUT2D eigenvalue weighted by molar-refractivity contribution is 0.885. The highest BCUT2D eigenvalue weighted by Crippen LogP contribution is 2.32. The monoisotopic (exact) mass is 323 g/mol. The van der Waals surface area contributed by atoms with Crippen LogP contribution < -0.4 is 5.73 Å². The van der Waals surface area contributed by atoms with Gasteiger partial charge in [-0.1, -0.05) is 23.2 Å². The summed E-state index contributed by atoms with van der Waals surface area (Å²) in [5.74, 6) is 0. The van der Waals surface area contributed by atoms with E-state index in [-0.39, 0.29) is 0 Å². The Hall–Kier alpha value is -1.49. The van der Waals surface area contributed by atoms with E-state index in [2.05, 4.69) is 12.0 Å². The largest absolute Gasteiger partial charge is 0.396 e. The first-order valence-electron chi connectivity index (χ1n) is 5.92. The summed E-state index contributed by atoms with van der Waals surface area (Å²) in [4.78, 5) is 2.27. The maximum Gasteiger partial charge on any atom is 0.126 e. The Bertz CT molecular complexity index is 777. The molecule has 0 saturated carbocycles. The smallest absolute Gasteiger partial charge is 0.126 e. The number of aryl methyl sites for hydroxylation is 1. The van der Waals surface area contributed by atoms with Crippen molar-refractivity contribution in [3.05, 3.63) is 51.5 Å². The van der Waals surface area contributed by atoms with Crippen molar-refractivity contribution >= 4 is 40.2 Å². The molecule has 0 spiro atoms. The number of hydrogen-bond donors (Lipinski definition) is 1. The zero-order chi connectivity index (χ0) is 14.3. The molecule has 2 heterocycles. The number of nitrogen functional groups attached to an aromatic ring is 1. The van der Waals surface area contributed by atoms with Crippen LogP contribution in [-0.4, -0.2) is 9.78 Å². The van der Waals surface area contributed by atoms with Gasteiger partial charge in [-0.2, -0.15) is 5.10 Å². The number of halogens is 2. The van der Waals surface area contributed by atoms with Gasteiger partial charge in [-0.05, 0) is 37.3 Å². The lowest BCUT2D eigenvalue weighted by Gasteiger charge is -2.03. The SMILES string of the molecule is Cc1ccc(-c2nn(-c3ccc(Cl)cc3Cl)cc2N)s1. The highest BCUT2D eigenvalue weighted by Gasteiger charge is 2.13. The van der Waals surface area contributed by atoms with Gasteiger partial charge in [0.1, 0.15) is 5.69 Å². The van der Waals surface area contributed by atoms with Crippen molar-refractivity contribution < 1.29 is 0 Å². The Morgan fingerprint density at radius 1 is 1.20 bits per heavy atom. The molecule has 3 rings (SSSR count). The van der Waals surface area contributed by atoms with E-state index in [4.69, 9.17) is 28.9 Å². The van der Waals surface area contributed by atoms with Crippen LogP contribution in [0.2, 0.25) is 10.0 Å². The van der Waals surface area contributed by atoms with Gasteiger partial charge in [0.15, 0.2) is 0 Å². The molecule has 20 heavy (non-hydrogen) atoms. The highest BCUT2D eigenvalue weighted by atomic mass is 35.5. The third kappa shape index (κ3) is 2.42. The third-order valence-electron chi connectivity index (χ3n) is 2.87. The van der Waals surface area contributed by atoms with Crippen LogP contribution in [0, 0.1) is 6.92 Å². The van der Waals surface area contributed by atoms with Gasteiger partial charge in [0.2, 0.25) is 0 Å². The van der Waals surface area contributed by atoms with Crippen molar-refractivity contribution in [1.82, 2.24) is 9.78 Å². The van der Waals surface area contributed by atoms with E-state index in [1.165, 1.54) is 4.88 Å². The van der Waals surface area contributed by atoms with Crippen molar-refractivity contribution in [2.45, 2.75) is 6.92 Å². The molecule has 2 aromatic heterocycles. The predicted molar refractivity (Wildman–Crippen MR) is 86.0 cm³/mol. The molecule has 0 radical (unpaired) electrons. The van der Waals surface area contributed by atoms with E-state index in [1.54, 1.807) is 34.3 Å². The van der Waals surface area contributed by atoms with Crippen LogP contribution in [-0.2, 0) is 0 Å². The van der Waals surface area contributed by atoms with Crippen molar-refractivity contribution in [1.29, 1.82) is 0 Å². The molecule has 1 aromatic carbocycles. The summed E-state index contributed by atoms with van der Waals surface area (Å²) in [6.45, 7) is 2.05. The number of nitrogens with zero attached hydrogens (tertiary/aromatic N) is 2. The first kappa shape index (κ1) is 13.5. The van der Waals surface area contributed by atoms with Crippen molar-refractivity contribution in [3.63, 3.8) is 0 Å². The molecular formula is C14H11Cl2N3S. The van der Waals surface area contributed by atoms with Crippen LogP contribution in [0.3, 0.4) is 0 Å². The van der Waals surface area contributed by atoms with Gasteiger partial charge in [0.05, 0.1) is 27.5 Å². The molecule has 0 fully saturated rings. The molecule has 0 aliphatic carbocycles. The minimum absolute atomic E-state index is 0.536. The van der Waals surface area contributed by atoms with E-state index in [0.29, 0.717) is 15.7 Å². The van der Waals surface area contributed by atoms with Gasteiger partial charge in [0.25, 0.3) is 0 Å². The molecule has 3 aromatic rings. The minimum Gasteiger partial charge on any atom is -0.396 e. The van der Waals surface area contributed by atoms with Gasteiger partial charge in [-0.15, -0.1) is 11.3 Å². The Labute approximate surface area is 130 Å². The molecule has 0 amide bonds. The Morgan fingerprint density at radius 2 is 2.00 bits per heavy atom. The number of benzene rings is 1. The number of nitrogens with two attached hydrogens (primary N) is 1. The number of anilines is 1. The Morgan fingerprint density at radius 3 is 2.65 bits per heavy atom. The van der Waals surface area contributed by atoms with Crippen LogP contribution in [0.1, 0.15) is 4.88 Å². The average molecular weight is 324 g/mol. The van der Waals surface area contributed by atoms with Gasteiger partial charge in [-0.3, -0.25) is 0 Å². The second-order valence-electron chi connectivity index (χ2n) is 4.38. The molecule has 0 aliphatic heterocycles. The van der Waals surface area contributed by atoms with Crippen molar-refractivity contribution in [2.24, 2.45) is 0 Å². The average Bonchev–Trinajstić information content (AvgIpc) is 2.95. The fraction of sp³-hybridized carbons (Fsp3) is 0.0714. The standard InChI is InChI=1S/C14H11Cl2N3S/c1-8-2-5-13(20-8)14-11(17)7-19(18-14)12-4-3-9(15)6-10(12)16/h2-7H,17H2,1H3. The Balaban J connectivity index is 2.08. The zero-order valence-corrected chi connectivity index (χ0v) is 12.9. The summed E-state index contributed by atoms with van der Waals surface area (Å²) in [6.07, 6.45) is 1.76. The molecule has 0 saturated heterocycles. The summed E-state index contributed by atoms with van der Waals surface area (Å²) < 4.78 is 1.68. The molecule has 0 aliphatic rings. The summed E-state index contributed by atoms with van der Waals surface area (Å²) in [6, 6.07) is 9.35. The fourth-order valence-corrected chi connectivity index (χ4v) is 3.30. The first-order valence-corrected chi connectivity index (χ1v) is 7.49. The van der Waals surface area contributed by atoms with Crippen LogP contribution >= 0.6 is 34.5 Å². The molecule has 0 atom stereocenters. The second kappa shape index (κ2) is 5.13. The maximum atomic E-state index is 6.19. The van der Waals surface area contributed by atoms with Gasteiger partial charge < -0.3 is 5.73 Å². The lowest BCUT2D eigenvalue weighted by Crippen LogP contribution is -1.95. The summed E-state index contributed by atoms with van der Waals surface area (Å²) in [5, 5.41) is 5.66. The zero-order valence-electron chi connectivity index (χ0n) is 10.6. The summed E-state index contributed by atoms with van der Waals surface area (Å²) in [5.41, 5.74) is 8.20. The van der Waals surface area contributed by atoms with Gasteiger partial charge in [0, 0.05) is 9.90 Å². The maximum absolute atomic E-state index is 6.19. The van der Waals surface area contributed by atoms with Crippen LogP contribution in [0.5, 0.6) is 0 Å². The minimum atomic E-state index is 0.536. The third-order valence-corrected chi connectivity index (χ3v) is 4.42. The lowest BCUT2D eigenvalue weighted by atomic mass is 10.3. The molecule has 3 nitrogen and oxygen atoms in total. The molecule has 0 unspecified atom stereocenters. The van der Waals surface area contributed by atoms with Crippen LogP contribution in [0.25, 0.3) is 16.3 Å². The molecule has 2 N–H and O–H groups in total. The summed E-state index contributed by atoms with van der Waals surface area (Å²) >= 11 is 13.8. The van der Waals surface area contributed by atoms with E-state index < -0.39 is 0 Å².